The van der Waals surface area contributed by atoms with Crippen LogP contribution < -0.4 is 0 Å². The van der Waals surface area contributed by atoms with Gasteiger partial charge in [0.05, 0.1) is 0 Å². The van der Waals surface area contributed by atoms with Gasteiger partial charge in [-0.15, -0.1) is 0 Å². The average molecular weight is 327 g/mol. The summed E-state index contributed by atoms with van der Waals surface area (Å²) in [5.74, 6) is 2.91. The fraction of sp³-hybridized carbons (Fsp3) is 0.913. The SMILES string of the molecule is C.C/C(=C(\C)C(C)C)C(C)C.CC(C)C(C)(C)C(C)(C)C(C)C. The van der Waals surface area contributed by atoms with Crippen LogP contribution in [-0.4, -0.2) is 0 Å². The first-order valence-corrected chi connectivity index (χ1v) is 9.27. The summed E-state index contributed by atoms with van der Waals surface area (Å²) in [5.41, 5.74) is 3.94. The van der Waals surface area contributed by atoms with Crippen molar-refractivity contribution in [2.45, 2.75) is 104 Å². The lowest BCUT2D eigenvalue weighted by atomic mass is 9.57. The Morgan fingerprint density at radius 1 is 0.522 bits per heavy atom. The molecule has 0 saturated carbocycles. The van der Waals surface area contributed by atoms with Crippen LogP contribution in [0.1, 0.15) is 104 Å². The van der Waals surface area contributed by atoms with Gasteiger partial charge in [0.1, 0.15) is 0 Å². The Kier molecular flexibility index (Phi) is 12.7. The summed E-state index contributed by atoms with van der Waals surface area (Å²) in [7, 11) is 0. The third kappa shape index (κ3) is 7.90. The van der Waals surface area contributed by atoms with E-state index in [1.165, 1.54) is 0 Å². The van der Waals surface area contributed by atoms with E-state index >= 15 is 0 Å². The summed E-state index contributed by atoms with van der Waals surface area (Å²) >= 11 is 0. The Labute approximate surface area is 150 Å². The fourth-order valence-electron chi connectivity index (χ4n) is 2.40. The molecular weight excluding hydrogens is 276 g/mol. The molecule has 0 unspecified atom stereocenters. The first kappa shape index (κ1) is 27.6. The van der Waals surface area contributed by atoms with E-state index in [0.717, 1.165) is 11.8 Å². The van der Waals surface area contributed by atoms with Crippen LogP contribution in [0.15, 0.2) is 11.1 Å². The molecule has 0 rings (SSSR count). The van der Waals surface area contributed by atoms with Gasteiger partial charge in [0.25, 0.3) is 0 Å². The molecule has 0 amide bonds. The lowest BCUT2D eigenvalue weighted by Gasteiger charge is -2.48. The van der Waals surface area contributed by atoms with E-state index in [0.29, 0.717) is 22.7 Å². The van der Waals surface area contributed by atoms with Crippen LogP contribution >= 0.6 is 0 Å². The molecular formula is C23H50. The second-order valence-electron chi connectivity index (χ2n) is 9.43. The molecule has 0 nitrogen and oxygen atoms in total. The van der Waals surface area contributed by atoms with Gasteiger partial charge in [0.15, 0.2) is 0 Å². The molecule has 0 spiro atoms. The summed E-state index contributed by atoms with van der Waals surface area (Å²) in [4.78, 5) is 0. The first-order valence-electron chi connectivity index (χ1n) is 9.27. The van der Waals surface area contributed by atoms with E-state index < -0.39 is 0 Å². The second-order valence-corrected chi connectivity index (χ2v) is 9.43. The van der Waals surface area contributed by atoms with Crippen LogP contribution in [0.4, 0.5) is 0 Å². The van der Waals surface area contributed by atoms with Crippen LogP contribution in [0, 0.1) is 34.5 Å². The molecule has 0 aromatic carbocycles. The molecule has 142 valence electrons. The highest BCUT2D eigenvalue weighted by Crippen LogP contribution is 2.48. The third-order valence-electron chi connectivity index (χ3n) is 6.90. The van der Waals surface area contributed by atoms with Gasteiger partial charge in [-0.1, -0.05) is 102 Å². The second kappa shape index (κ2) is 10.6. The van der Waals surface area contributed by atoms with Gasteiger partial charge in [-0.3, -0.25) is 0 Å². The van der Waals surface area contributed by atoms with Crippen LogP contribution in [0.2, 0.25) is 0 Å². The van der Waals surface area contributed by atoms with Crippen molar-refractivity contribution in [1.82, 2.24) is 0 Å². The minimum atomic E-state index is 0. The molecule has 0 aliphatic rings. The molecule has 0 heterocycles. The predicted molar refractivity (Wildman–Crippen MR) is 112 cm³/mol. The Morgan fingerprint density at radius 2 is 0.696 bits per heavy atom. The molecule has 0 atom stereocenters. The van der Waals surface area contributed by atoms with Gasteiger partial charge < -0.3 is 0 Å². The number of rotatable bonds is 5. The molecule has 23 heavy (non-hydrogen) atoms. The molecule has 0 saturated heterocycles. The van der Waals surface area contributed by atoms with Gasteiger partial charge in [-0.2, -0.15) is 0 Å². The molecule has 0 aliphatic carbocycles. The van der Waals surface area contributed by atoms with Gasteiger partial charge in [0.2, 0.25) is 0 Å². The van der Waals surface area contributed by atoms with Crippen molar-refractivity contribution >= 4 is 0 Å². The first-order chi connectivity index (χ1) is 9.60. The summed E-state index contributed by atoms with van der Waals surface area (Å²) in [6, 6.07) is 0. The van der Waals surface area contributed by atoms with Crippen LogP contribution in [0.3, 0.4) is 0 Å². The number of hydrogen-bond acceptors (Lipinski definition) is 0. The van der Waals surface area contributed by atoms with E-state index in [2.05, 4.69) is 96.9 Å². The van der Waals surface area contributed by atoms with Gasteiger partial charge in [-0.25, -0.2) is 0 Å². The van der Waals surface area contributed by atoms with E-state index in [9.17, 15) is 0 Å². The van der Waals surface area contributed by atoms with Crippen molar-refractivity contribution in [3.05, 3.63) is 11.1 Å². The summed E-state index contributed by atoms with van der Waals surface area (Å²) in [6.07, 6.45) is 0. The maximum Gasteiger partial charge on any atom is -0.0260 e. The van der Waals surface area contributed by atoms with Crippen LogP contribution in [0.5, 0.6) is 0 Å². The minimum absolute atomic E-state index is 0. The quantitative estimate of drug-likeness (QED) is 0.443. The zero-order chi connectivity index (χ0) is 18.5. The summed E-state index contributed by atoms with van der Waals surface area (Å²) < 4.78 is 0. The normalized spacial score (nSPS) is 13.8. The van der Waals surface area contributed by atoms with E-state index in [1.54, 1.807) is 11.1 Å². The fourth-order valence-corrected chi connectivity index (χ4v) is 2.40. The molecule has 0 heteroatoms. The van der Waals surface area contributed by atoms with Crippen molar-refractivity contribution < 1.29 is 0 Å². The standard InChI is InChI=1S/C12H26.C10H20.CH4/c1-9(2)11(5,6)12(7,8)10(3)4;1-7(2)9(5)10(6)8(3)4;/h9-10H,1-8H3;7-8H,1-6H3;1H4/b;10-9-;. The maximum absolute atomic E-state index is 2.39. The average Bonchev–Trinajstić information content (AvgIpc) is 2.36. The highest BCUT2D eigenvalue weighted by atomic mass is 14.5. The van der Waals surface area contributed by atoms with Crippen molar-refractivity contribution in [3.63, 3.8) is 0 Å². The van der Waals surface area contributed by atoms with Gasteiger partial charge in [-0.05, 0) is 48.3 Å². The summed E-state index contributed by atoms with van der Waals surface area (Å²) in [5, 5.41) is 0. The third-order valence-corrected chi connectivity index (χ3v) is 6.90. The molecule has 0 aliphatic heterocycles. The zero-order valence-electron chi connectivity index (χ0n) is 18.3. The maximum atomic E-state index is 2.39. The van der Waals surface area contributed by atoms with Gasteiger partial charge in [0, 0.05) is 0 Å². The van der Waals surface area contributed by atoms with Crippen molar-refractivity contribution in [1.29, 1.82) is 0 Å². The van der Waals surface area contributed by atoms with E-state index in [-0.39, 0.29) is 7.43 Å². The highest BCUT2D eigenvalue weighted by Gasteiger charge is 2.41. The van der Waals surface area contributed by atoms with E-state index in [1.807, 2.05) is 0 Å². The Morgan fingerprint density at radius 3 is 0.783 bits per heavy atom. The number of hydrogen-bond donors (Lipinski definition) is 0. The minimum Gasteiger partial charge on any atom is -0.0776 e. The molecule has 0 aromatic rings. The highest BCUT2D eigenvalue weighted by molar-refractivity contribution is 5.13. The smallest absolute Gasteiger partial charge is 0.0260 e. The molecule has 0 radical (unpaired) electrons. The Bertz CT molecular complexity index is 301. The van der Waals surface area contributed by atoms with Crippen LogP contribution in [-0.2, 0) is 0 Å². The molecule has 0 N–H and O–H groups in total. The monoisotopic (exact) mass is 326 g/mol. The van der Waals surface area contributed by atoms with Crippen molar-refractivity contribution in [2.75, 3.05) is 0 Å². The predicted octanol–water partition coefficient (Wildman–Crippen LogP) is 8.62. The molecule has 0 aromatic heterocycles. The van der Waals surface area contributed by atoms with Crippen molar-refractivity contribution in [2.24, 2.45) is 34.5 Å². The van der Waals surface area contributed by atoms with Crippen molar-refractivity contribution in [3.8, 4) is 0 Å². The largest absolute Gasteiger partial charge is 0.0776 e. The lowest BCUT2D eigenvalue weighted by molar-refractivity contribution is 0.0135. The topological polar surface area (TPSA) is 0 Å². The van der Waals surface area contributed by atoms with E-state index in [4.69, 9.17) is 0 Å². The zero-order valence-corrected chi connectivity index (χ0v) is 18.3. The number of allylic oxidation sites excluding steroid dienone is 2. The van der Waals surface area contributed by atoms with Gasteiger partial charge >= 0.3 is 0 Å². The summed E-state index contributed by atoms with van der Waals surface area (Å²) in [6.45, 7) is 32.3. The Hall–Kier alpha value is -0.260. The molecule has 0 fully saturated rings. The molecule has 0 bridgehead atoms. The Balaban J connectivity index is -0.000000338. The lowest BCUT2D eigenvalue weighted by Crippen LogP contribution is -2.40. The van der Waals surface area contributed by atoms with Crippen LogP contribution in [0.25, 0.3) is 0 Å².